The van der Waals surface area contributed by atoms with E-state index in [4.69, 9.17) is 6.42 Å². The zero-order chi connectivity index (χ0) is 41.4. The summed E-state index contributed by atoms with van der Waals surface area (Å²) in [5.74, 6) is 3.70. The third-order valence-corrected chi connectivity index (χ3v) is 11.6. The van der Waals surface area contributed by atoms with Crippen LogP contribution in [0.5, 0.6) is 0 Å². The maximum Gasteiger partial charge on any atom is 0.315 e. The van der Waals surface area contributed by atoms with E-state index in [1.165, 1.54) is 6.42 Å². The van der Waals surface area contributed by atoms with Gasteiger partial charge < -0.3 is 26.2 Å². The fraction of sp³-hybridized carbons (Fsp3) is 0.795. The van der Waals surface area contributed by atoms with E-state index in [0.717, 1.165) is 51.4 Å². The average Bonchev–Trinajstić information content (AvgIpc) is 3.66. The van der Waals surface area contributed by atoms with Gasteiger partial charge in [0.05, 0.1) is 0 Å². The van der Waals surface area contributed by atoms with Gasteiger partial charge in [0, 0.05) is 57.1 Å². The highest BCUT2D eigenvalue weighted by Gasteiger charge is 2.65. The number of carbonyl (C=O) groups is 5. The van der Waals surface area contributed by atoms with Crippen LogP contribution >= 0.6 is 0 Å². The van der Waals surface area contributed by atoms with Gasteiger partial charge in [-0.05, 0) is 93.3 Å². The number of likely N-dealkylation sites (tertiary alicyclic amines) is 1. The van der Waals surface area contributed by atoms with Crippen molar-refractivity contribution in [1.29, 1.82) is 0 Å². The second kappa shape index (κ2) is 22.3. The van der Waals surface area contributed by atoms with Gasteiger partial charge in [0.15, 0.2) is 0 Å². The summed E-state index contributed by atoms with van der Waals surface area (Å²) in [4.78, 5) is 62.4. The van der Waals surface area contributed by atoms with Gasteiger partial charge in [0.25, 0.3) is 0 Å². The number of nitrogens with zero attached hydrogens (tertiary/aromatic N) is 1. The number of amides is 5. The average molecular weight is 756 g/mol. The van der Waals surface area contributed by atoms with Crippen LogP contribution in [0.3, 0.4) is 0 Å². The molecule has 2 saturated carbocycles. The molecule has 308 valence electrons. The first-order valence-corrected chi connectivity index (χ1v) is 20.5. The van der Waals surface area contributed by atoms with Crippen molar-refractivity contribution in [1.82, 2.24) is 26.2 Å². The van der Waals surface area contributed by atoms with Crippen molar-refractivity contribution in [3.05, 3.63) is 12.2 Å². The largest absolute Gasteiger partial charge is 0.354 e. The maximum absolute atomic E-state index is 13.6. The van der Waals surface area contributed by atoms with Crippen LogP contribution in [0.4, 0.5) is 4.79 Å². The van der Waals surface area contributed by atoms with E-state index >= 15 is 0 Å². The molecule has 4 N–H and O–H groups in total. The molecule has 1 saturated heterocycles. The molecule has 0 radical (unpaired) electrons. The third kappa shape index (κ3) is 15.8. The Bertz CT molecular complexity index is 1300. The van der Waals surface area contributed by atoms with E-state index in [0.29, 0.717) is 55.3 Å². The standard InChI is InChI=1S/C21H35N3O3.C12H19NO.C11H23NO/c1-13(25)14-11-24(12-15-16(14)20(15,2)3)18(26)17(23-19(27)22-5)21(4)9-7-6-8-10-21;1-5-7-8-10(3)11(4)12(14)13-9-6-2;1-9(2)12-10(13)7-6-8-11(3,4)5/h14-17H,6-12H2,1-5H3,(H2,22,23,27);1,10H,4,6-9H2,2-3H3,(H,13,14);9H,6-8H2,1-5H3,(H,12,13)/t14?,15-,16+,17?;;/m0../s1. The predicted octanol–water partition coefficient (Wildman–Crippen LogP) is 7.42. The molecule has 0 aromatic carbocycles. The molecule has 3 rings (SSSR count). The molecule has 1 heterocycles. The Morgan fingerprint density at radius 3 is 2.09 bits per heavy atom. The van der Waals surface area contributed by atoms with Crippen molar-refractivity contribution in [2.75, 3.05) is 26.7 Å². The van der Waals surface area contributed by atoms with Gasteiger partial charge in [-0.2, -0.15) is 0 Å². The summed E-state index contributed by atoms with van der Waals surface area (Å²) in [6.45, 7) is 28.4. The zero-order valence-electron chi connectivity index (χ0n) is 36.1. The van der Waals surface area contributed by atoms with Gasteiger partial charge in [0.1, 0.15) is 11.8 Å². The molecule has 0 bridgehead atoms. The first kappa shape index (κ1) is 48.7. The molecule has 0 spiro atoms. The molecule has 0 aromatic rings. The van der Waals surface area contributed by atoms with Crippen LogP contribution in [0.25, 0.3) is 0 Å². The SMILES string of the molecule is C#CCCC(C)C(=C)C(=O)NCCC.CC(C)NC(=O)CCCC(C)(C)C.CNC(=O)NC(C(=O)N1CC(C(C)=O)[C@@H]2[C@H](C1)C2(C)C)C1(C)CCCCC1. The van der Waals surface area contributed by atoms with Gasteiger partial charge in [-0.1, -0.05) is 81.2 Å². The van der Waals surface area contributed by atoms with Crippen molar-refractivity contribution in [3.63, 3.8) is 0 Å². The zero-order valence-corrected chi connectivity index (χ0v) is 36.1. The molecule has 10 nitrogen and oxygen atoms in total. The molecule has 5 amide bonds. The summed E-state index contributed by atoms with van der Waals surface area (Å²) in [5, 5.41) is 11.2. The first-order valence-electron chi connectivity index (χ1n) is 20.5. The number of hydrogen-bond donors (Lipinski definition) is 4. The van der Waals surface area contributed by atoms with Crippen LogP contribution in [-0.4, -0.2) is 73.2 Å². The summed E-state index contributed by atoms with van der Waals surface area (Å²) < 4.78 is 0. The lowest BCUT2D eigenvalue weighted by atomic mass is 9.70. The van der Waals surface area contributed by atoms with E-state index < -0.39 is 6.04 Å². The van der Waals surface area contributed by atoms with E-state index in [1.807, 2.05) is 32.6 Å². The minimum atomic E-state index is -0.538. The molecular weight excluding hydrogens is 679 g/mol. The Morgan fingerprint density at radius 1 is 0.981 bits per heavy atom. The maximum atomic E-state index is 13.6. The molecule has 1 aliphatic heterocycles. The molecule has 5 atom stereocenters. The third-order valence-electron chi connectivity index (χ3n) is 11.6. The quantitative estimate of drug-likeness (QED) is 0.108. The fourth-order valence-corrected chi connectivity index (χ4v) is 7.95. The van der Waals surface area contributed by atoms with Crippen LogP contribution in [-0.2, 0) is 19.2 Å². The Labute approximate surface area is 329 Å². The minimum absolute atomic E-state index is 0.0181. The fourth-order valence-electron chi connectivity index (χ4n) is 7.95. The number of Topliss-reactive ketones (excluding diaryl/α,β-unsaturated/α-hetero) is 1. The molecular formula is C44H77N5O5. The number of ketones is 1. The number of terminal acetylenes is 1. The van der Waals surface area contributed by atoms with Gasteiger partial charge >= 0.3 is 6.03 Å². The van der Waals surface area contributed by atoms with Crippen molar-refractivity contribution < 1.29 is 24.0 Å². The first-order chi connectivity index (χ1) is 25.1. The molecule has 3 fully saturated rings. The van der Waals surface area contributed by atoms with Crippen LogP contribution < -0.4 is 21.3 Å². The Hall–Kier alpha value is -3.35. The highest BCUT2D eigenvalue weighted by Crippen LogP contribution is 2.64. The highest BCUT2D eigenvalue weighted by atomic mass is 16.2. The number of hydrogen-bond acceptors (Lipinski definition) is 5. The van der Waals surface area contributed by atoms with Crippen molar-refractivity contribution >= 4 is 29.5 Å². The molecule has 3 aliphatic rings. The number of carbonyl (C=O) groups excluding carboxylic acids is 5. The Kier molecular flexibility index (Phi) is 20.1. The van der Waals surface area contributed by atoms with Crippen molar-refractivity contribution in [3.8, 4) is 12.3 Å². The lowest BCUT2D eigenvalue weighted by Gasteiger charge is -2.43. The molecule has 54 heavy (non-hydrogen) atoms. The summed E-state index contributed by atoms with van der Waals surface area (Å²) >= 11 is 0. The highest BCUT2D eigenvalue weighted by molar-refractivity contribution is 5.93. The lowest BCUT2D eigenvalue weighted by Crippen LogP contribution is -2.60. The number of nitrogens with one attached hydrogen (secondary N) is 4. The Balaban J connectivity index is 0.000000457. The number of rotatable bonds is 14. The number of urea groups is 1. The smallest absolute Gasteiger partial charge is 0.315 e. The van der Waals surface area contributed by atoms with Crippen LogP contribution in [0.15, 0.2) is 12.2 Å². The summed E-state index contributed by atoms with van der Waals surface area (Å²) in [6, 6.07) is -0.587. The number of fused-ring (bicyclic) bond motifs is 1. The van der Waals surface area contributed by atoms with E-state index in [9.17, 15) is 24.0 Å². The van der Waals surface area contributed by atoms with Crippen LogP contribution in [0.2, 0.25) is 0 Å². The lowest BCUT2D eigenvalue weighted by molar-refractivity contribution is -0.140. The van der Waals surface area contributed by atoms with Gasteiger partial charge in [-0.3, -0.25) is 19.2 Å². The van der Waals surface area contributed by atoms with E-state index in [1.54, 1.807) is 14.0 Å². The summed E-state index contributed by atoms with van der Waals surface area (Å²) in [5.41, 5.74) is 0.861. The van der Waals surface area contributed by atoms with Gasteiger partial charge in [-0.25, -0.2) is 4.79 Å². The molecule has 10 heteroatoms. The normalized spacial score (nSPS) is 21.9. The second-order valence-electron chi connectivity index (χ2n) is 18.3. The monoisotopic (exact) mass is 756 g/mol. The predicted molar refractivity (Wildman–Crippen MR) is 220 cm³/mol. The molecule has 0 aromatic heterocycles. The van der Waals surface area contributed by atoms with Gasteiger partial charge in [-0.15, -0.1) is 12.3 Å². The minimum Gasteiger partial charge on any atom is -0.354 e. The van der Waals surface area contributed by atoms with E-state index in [2.05, 4.69) is 75.3 Å². The molecule has 2 aliphatic carbocycles. The van der Waals surface area contributed by atoms with Crippen LogP contribution in [0, 0.1) is 52.3 Å². The second-order valence-corrected chi connectivity index (χ2v) is 18.3. The van der Waals surface area contributed by atoms with Crippen molar-refractivity contribution in [2.45, 2.75) is 159 Å². The summed E-state index contributed by atoms with van der Waals surface area (Å²) in [7, 11) is 1.57. The topological polar surface area (TPSA) is 137 Å². The van der Waals surface area contributed by atoms with Gasteiger partial charge in [0.2, 0.25) is 17.7 Å². The number of piperidine rings is 1. The van der Waals surface area contributed by atoms with E-state index in [-0.39, 0.29) is 58.2 Å². The van der Waals surface area contributed by atoms with Crippen LogP contribution in [0.1, 0.15) is 147 Å². The summed E-state index contributed by atoms with van der Waals surface area (Å²) in [6.07, 6.45) is 15.6. The Morgan fingerprint density at radius 2 is 1.59 bits per heavy atom. The van der Waals surface area contributed by atoms with Crippen molar-refractivity contribution in [2.24, 2.45) is 39.9 Å². The molecule has 3 unspecified atom stereocenters.